The van der Waals surface area contributed by atoms with Gasteiger partial charge in [0.2, 0.25) is 0 Å². The van der Waals surface area contributed by atoms with Gasteiger partial charge in [-0.25, -0.2) is 0 Å². The number of carboxylic acids is 1. The monoisotopic (exact) mass is 321 g/mol. The number of nitrogens with one attached hydrogen (secondary N) is 1. The maximum Gasteiger partial charge on any atom is 0.325 e. The largest absolute Gasteiger partial charge is 0.480 e. The van der Waals surface area contributed by atoms with Crippen LogP contribution in [0.5, 0.6) is 0 Å². The third kappa shape index (κ3) is 4.27. The zero-order chi connectivity index (χ0) is 12.8. The highest BCUT2D eigenvalue weighted by atomic mass is 79.9. The summed E-state index contributed by atoms with van der Waals surface area (Å²) < 4.78 is 5.54. The van der Waals surface area contributed by atoms with Crippen molar-refractivity contribution in [3.63, 3.8) is 0 Å². The fourth-order valence-corrected chi connectivity index (χ4v) is 2.28. The molecule has 0 saturated carbocycles. The summed E-state index contributed by atoms with van der Waals surface area (Å²) in [5.41, 5.74) is 0.637. The number of rotatable bonds is 6. The standard InChI is InChI=1S/C11H13BrClNO3/c1-17-5-4-14-10(11(15)16)8-3-2-7(13)6-9(8)12/h2-3,6,10,14H,4-5H2,1H3,(H,15,16). The van der Waals surface area contributed by atoms with Gasteiger partial charge in [-0.2, -0.15) is 0 Å². The molecular formula is C11H13BrClNO3. The first-order chi connectivity index (χ1) is 8.06. The molecule has 1 aromatic rings. The number of benzene rings is 1. The number of hydrogen-bond acceptors (Lipinski definition) is 3. The van der Waals surface area contributed by atoms with E-state index < -0.39 is 12.0 Å². The number of halogens is 2. The number of carbonyl (C=O) groups is 1. The van der Waals surface area contributed by atoms with Gasteiger partial charge in [0.1, 0.15) is 6.04 Å². The second-order valence-corrected chi connectivity index (χ2v) is 4.67. The molecule has 6 heteroatoms. The van der Waals surface area contributed by atoms with Gasteiger partial charge in [0.15, 0.2) is 0 Å². The second-order valence-electron chi connectivity index (χ2n) is 3.38. The van der Waals surface area contributed by atoms with E-state index >= 15 is 0 Å². The molecule has 0 saturated heterocycles. The summed E-state index contributed by atoms with van der Waals surface area (Å²) >= 11 is 9.12. The Hall–Kier alpha value is -0.620. The average molecular weight is 323 g/mol. The molecule has 1 unspecified atom stereocenters. The van der Waals surface area contributed by atoms with Crippen LogP contribution in [0.4, 0.5) is 0 Å². The van der Waals surface area contributed by atoms with E-state index in [0.717, 1.165) is 0 Å². The van der Waals surface area contributed by atoms with E-state index in [2.05, 4.69) is 21.2 Å². The molecule has 0 fully saturated rings. The molecule has 1 aromatic carbocycles. The summed E-state index contributed by atoms with van der Waals surface area (Å²) in [6.45, 7) is 0.914. The topological polar surface area (TPSA) is 58.6 Å². The summed E-state index contributed by atoms with van der Waals surface area (Å²) in [4.78, 5) is 11.2. The minimum absolute atomic E-state index is 0.453. The first kappa shape index (κ1) is 14.4. The predicted octanol–water partition coefficient (Wildman–Crippen LogP) is 2.46. The van der Waals surface area contributed by atoms with Crippen LogP contribution in [-0.2, 0) is 9.53 Å². The predicted molar refractivity (Wildman–Crippen MR) is 69.4 cm³/mol. The third-order valence-corrected chi connectivity index (χ3v) is 3.10. The summed E-state index contributed by atoms with van der Waals surface area (Å²) in [5, 5.41) is 12.6. The van der Waals surface area contributed by atoms with Crippen molar-refractivity contribution in [2.24, 2.45) is 0 Å². The Labute approximate surface area is 113 Å². The highest BCUT2D eigenvalue weighted by molar-refractivity contribution is 9.10. The van der Waals surface area contributed by atoms with Crippen molar-refractivity contribution in [2.75, 3.05) is 20.3 Å². The van der Waals surface area contributed by atoms with Crippen LogP contribution in [0.1, 0.15) is 11.6 Å². The van der Waals surface area contributed by atoms with Gasteiger partial charge in [0.05, 0.1) is 6.61 Å². The minimum atomic E-state index is -0.941. The Balaban J connectivity index is 2.86. The van der Waals surface area contributed by atoms with E-state index in [1.807, 2.05) is 0 Å². The molecule has 0 aromatic heterocycles. The molecule has 17 heavy (non-hydrogen) atoms. The van der Waals surface area contributed by atoms with Gasteiger partial charge in [-0.15, -0.1) is 0 Å². The molecule has 1 atom stereocenters. The quantitative estimate of drug-likeness (QED) is 0.790. The summed E-state index contributed by atoms with van der Waals surface area (Å²) in [6.07, 6.45) is 0. The Morgan fingerprint density at radius 2 is 2.35 bits per heavy atom. The fourth-order valence-electron chi connectivity index (χ4n) is 1.37. The molecule has 0 bridgehead atoms. The molecule has 0 aliphatic carbocycles. The molecule has 0 amide bonds. The lowest BCUT2D eigenvalue weighted by Gasteiger charge is -2.16. The van der Waals surface area contributed by atoms with E-state index in [1.165, 1.54) is 0 Å². The lowest BCUT2D eigenvalue weighted by atomic mass is 10.1. The van der Waals surface area contributed by atoms with Crippen molar-refractivity contribution < 1.29 is 14.6 Å². The van der Waals surface area contributed by atoms with Crippen LogP contribution < -0.4 is 5.32 Å². The smallest absolute Gasteiger partial charge is 0.325 e. The summed E-state index contributed by atoms with van der Waals surface area (Å²) in [5.74, 6) is -0.941. The summed E-state index contributed by atoms with van der Waals surface area (Å²) in [6, 6.07) is 4.24. The third-order valence-electron chi connectivity index (χ3n) is 2.18. The normalized spacial score (nSPS) is 12.4. The molecule has 0 aliphatic rings. The van der Waals surface area contributed by atoms with Crippen molar-refractivity contribution in [2.45, 2.75) is 6.04 Å². The van der Waals surface area contributed by atoms with E-state index in [9.17, 15) is 4.79 Å². The van der Waals surface area contributed by atoms with Crippen molar-refractivity contribution in [3.05, 3.63) is 33.3 Å². The fraction of sp³-hybridized carbons (Fsp3) is 0.364. The Morgan fingerprint density at radius 3 is 2.88 bits per heavy atom. The van der Waals surface area contributed by atoms with E-state index in [1.54, 1.807) is 25.3 Å². The highest BCUT2D eigenvalue weighted by Gasteiger charge is 2.21. The van der Waals surface area contributed by atoms with Crippen molar-refractivity contribution in [3.8, 4) is 0 Å². The molecule has 0 aliphatic heterocycles. The van der Waals surface area contributed by atoms with Crippen molar-refractivity contribution in [1.29, 1.82) is 0 Å². The van der Waals surface area contributed by atoms with Crippen molar-refractivity contribution >= 4 is 33.5 Å². The zero-order valence-electron chi connectivity index (χ0n) is 9.24. The molecular weight excluding hydrogens is 309 g/mol. The van der Waals surface area contributed by atoms with E-state index in [-0.39, 0.29) is 0 Å². The first-order valence-corrected chi connectivity index (χ1v) is 6.13. The maximum absolute atomic E-state index is 11.2. The van der Waals surface area contributed by atoms with Gasteiger partial charge in [0, 0.05) is 23.1 Å². The van der Waals surface area contributed by atoms with Gasteiger partial charge in [-0.3, -0.25) is 10.1 Å². The van der Waals surface area contributed by atoms with Crippen LogP contribution >= 0.6 is 27.5 Å². The Morgan fingerprint density at radius 1 is 1.65 bits per heavy atom. The number of hydrogen-bond donors (Lipinski definition) is 2. The van der Waals surface area contributed by atoms with Gasteiger partial charge >= 0.3 is 5.97 Å². The second kappa shape index (κ2) is 6.96. The lowest BCUT2D eigenvalue weighted by molar-refractivity contribution is -0.139. The SMILES string of the molecule is COCCNC(C(=O)O)c1ccc(Cl)cc1Br. The van der Waals surface area contributed by atoms with E-state index in [0.29, 0.717) is 28.2 Å². The van der Waals surface area contributed by atoms with Crippen LogP contribution in [0.3, 0.4) is 0 Å². The molecule has 94 valence electrons. The number of ether oxygens (including phenoxy) is 1. The van der Waals surface area contributed by atoms with Crippen LogP contribution in [-0.4, -0.2) is 31.3 Å². The number of aliphatic carboxylic acids is 1. The molecule has 0 radical (unpaired) electrons. The summed E-state index contributed by atoms with van der Waals surface area (Å²) in [7, 11) is 1.57. The van der Waals surface area contributed by atoms with Crippen LogP contribution in [0.25, 0.3) is 0 Å². The molecule has 2 N–H and O–H groups in total. The first-order valence-electron chi connectivity index (χ1n) is 4.96. The van der Waals surface area contributed by atoms with Gasteiger partial charge in [0.25, 0.3) is 0 Å². The van der Waals surface area contributed by atoms with Gasteiger partial charge in [-0.05, 0) is 17.7 Å². The lowest BCUT2D eigenvalue weighted by Crippen LogP contribution is -2.31. The van der Waals surface area contributed by atoms with Crippen molar-refractivity contribution in [1.82, 2.24) is 5.32 Å². The van der Waals surface area contributed by atoms with Gasteiger partial charge < -0.3 is 9.84 Å². The highest BCUT2D eigenvalue weighted by Crippen LogP contribution is 2.26. The Bertz CT molecular complexity index is 400. The number of methoxy groups -OCH3 is 1. The van der Waals surface area contributed by atoms with E-state index in [4.69, 9.17) is 21.4 Å². The number of carboxylic acid groups (broad SMARTS) is 1. The molecule has 4 nitrogen and oxygen atoms in total. The van der Waals surface area contributed by atoms with Crippen LogP contribution in [0.15, 0.2) is 22.7 Å². The molecule has 0 spiro atoms. The van der Waals surface area contributed by atoms with Gasteiger partial charge in [-0.1, -0.05) is 33.6 Å². The Kier molecular flexibility index (Phi) is 5.91. The minimum Gasteiger partial charge on any atom is -0.480 e. The zero-order valence-corrected chi connectivity index (χ0v) is 11.6. The van der Waals surface area contributed by atoms with Crippen LogP contribution in [0.2, 0.25) is 5.02 Å². The average Bonchev–Trinajstić information content (AvgIpc) is 2.25. The molecule has 0 heterocycles. The molecule has 1 rings (SSSR count). The van der Waals surface area contributed by atoms with Crippen LogP contribution in [0, 0.1) is 0 Å². The maximum atomic E-state index is 11.2.